The van der Waals surface area contributed by atoms with Gasteiger partial charge in [-0.25, -0.2) is 0 Å². The molecule has 0 bridgehead atoms. The highest BCUT2D eigenvalue weighted by atomic mass is 16.2. The van der Waals surface area contributed by atoms with Crippen LogP contribution in [0.4, 0.5) is 0 Å². The van der Waals surface area contributed by atoms with Crippen molar-refractivity contribution in [2.75, 3.05) is 6.54 Å². The maximum Gasteiger partial charge on any atom is 0.235 e. The summed E-state index contributed by atoms with van der Waals surface area (Å²) in [7, 11) is 0. The maximum atomic E-state index is 12.4. The van der Waals surface area contributed by atoms with Crippen LogP contribution in [0.3, 0.4) is 0 Å². The number of nitrogens with zero attached hydrogens (tertiary/aromatic N) is 2. The number of nitriles is 1. The smallest absolute Gasteiger partial charge is 0.235 e. The van der Waals surface area contributed by atoms with Gasteiger partial charge in [-0.05, 0) is 27.7 Å². The Morgan fingerprint density at radius 1 is 1.12 bits per heavy atom. The third-order valence-corrected chi connectivity index (χ3v) is 4.82. The first-order valence-corrected chi connectivity index (χ1v) is 8.95. The zero-order valence-electron chi connectivity index (χ0n) is 15.6. The van der Waals surface area contributed by atoms with Gasteiger partial charge < -0.3 is 5.32 Å². The zero-order chi connectivity index (χ0) is 18.7. The van der Waals surface area contributed by atoms with Gasteiger partial charge in [0.25, 0.3) is 0 Å². The molecule has 26 heavy (non-hydrogen) atoms. The summed E-state index contributed by atoms with van der Waals surface area (Å²) in [6.45, 7) is 8.31. The molecular formula is C22H25N3O. The molecule has 1 N–H and O–H groups in total. The minimum atomic E-state index is -0.624. The Morgan fingerprint density at radius 2 is 1.69 bits per heavy atom. The highest BCUT2D eigenvalue weighted by molar-refractivity contribution is 5.79. The second-order valence-electron chi connectivity index (χ2n) is 7.92. The molecule has 1 amide bonds. The molecule has 0 saturated heterocycles. The number of carbonyl (C=O) groups is 1. The summed E-state index contributed by atoms with van der Waals surface area (Å²) in [5.74, 6) is -0.121. The number of amides is 1. The van der Waals surface area contributed by atoms with Crippen molar-refractivity contribution in [2.45, 2.75) is 45.3 Å². The number of hydrogen-bond donors (Lipinski definition) is 1. The summed E-state index contributed by atoms with van der Waals surface area (Å²) in [6, 6.07) is 17.7. The fourth-order valence-electron chi connectivity index (χ4n) is 3.29. The SMILES string of the molecule is CC(C)(C)c1ccc(C(C#N)NC(=O)CN2Cc3ccccc3C2)cc1. The van der Waals surface area contributed by atoms with Crippen LogP contribution in [0.5, 0.6) is 0 Å². The van der Waals surface area contributed by atoms with Gasteiger partial charge in [0.1, 0.15) is 6.04 Å². The summed E-state index contributed by atoms with van der Waals surface area (Å²) in [5, 5.41) is 12.3. The van der Waals surface area contributed by atoms with E-state index in [1.165, 1.54) is 16.7 Å². The number of hydrogen-bond acceptors (Lipinski definition) is 3. The summed E-state index contributed by atoms with van der Waals surface area (Å²) >= 11 is 0. The lowest BCUT2D eigenvalue weighted by molar-refractivity contribution is -0.122. The molecule has 1 heterocycles. The predicted molar refractivity (Wildman–Crippen MR) is 102 cm³/mol. The van der Waals surface area contributed by atoms with E-state index in [2.05, 4.69) is 49.2 Å². The minimum Gasteiger partial charge on any atom is -0.336 e. The quantitative estimate of drug-likeness (QED) is 0.918. The van der Waals surface area contributed by atoms with E-state index < -0.39 is 6.04 Å². The second kappa shape index (κ2) is 7.31. The minimum absolute atomic E-state index is 0.0642. The lowest BCUT2D eigenvalue weighted by Crippen LogP contribution is -2.36. The van der Waals surface area contributed by atoms with E-state index in [1.54, 1.807) is 0 Å². The Balaban J connectivity index is 1.60. The summed E-state index contributed by atoms with van der Waals surface area (Å²) in [4.78, 5) is 14.5. The van der Waals surface area contributed by atoms with Crippen molar-refractivity contribution >= 4 is 5.91 Å². The standard InChI is InChI=1S/C22H25N3O/c1-22(2,3)19-10-8-16(9-11-19)20(12-23)24-21(26)15-25-13-17-6-4-5-7-18(17)14-25/h4-11,20H,13-15H2,1-3H3,(H,24,26). The van der Waals surface area contributed by atoms with Gasteiger partial charge >= 0.3 is 0 Å². The number of fused-ring (bicyclic) bond motifs is 1. The highest BCUT2D eigenvalue weighted by Gasteiger charge is 2.22. The first-order valence-electron chi connectivity index (χ1n) is 8.95. The fraction of sp³-hybridized carbons (Fsp3) is 0.364. The topological polar surface area (TPSA) is 56.1 Å². The lowest BCUT2D eigenvalue weighted by atomic mass is 9.86. The van der Waals surface area contributed by atoms with Crippen LogP contribution in [0, 0.1) is 11.3 Å². The Morgan fingerprint density at radius 3 is 2.19 bits per heavy atom. The van der Waals surface area contributed by atoms with E-state index in [-0.39, 0.29) is 11.3 Å². The van der Waals surface area contributed by atoms with E-state index >= 15 is 0 Å². The van der Waals surface area contributed by atoms with Crippen molar-refractivity contribution in [1.29, 1.82) is 5.26 Å². The van der Waals surface area contributed by atoms with E-state index in [9.17, 15) is 10.1 Å². The Hall–Kier alpha value is -2.64. The van der Waals surface area contributed by atoms with Gasteiger partial charge in [0.15, 0.2) is 0 Å². The van der Waals surface area contributed by atoms with Crippen LogP contribution in [0.1, 0.15) is 49.1 Å². The summed E-state index contributed by atoms with van der Waals surface area (Å²) in [6.07, 6.45) is 0. The van der Waals surface area contributed by atoms with E-state index in [4.69, 9.17) is 0 Å². The van der Waals surface area contributed by atoms with Crippen molar-refractivity contribution in [3.8, 4) is 6.07 Å². The van der Waals surface area contributed by atoms with E-state index in [1.807, 2.05) is 36.4 Å². The van der Waals surface area contributed by atoms with Gasteiger partial charge in [-0.1, -0.05) is 69.3 Å². The number of carbonyl (C=O) groups excluding carboxylic acids is 1. The molecule has 0 spiro atoms. The largest absolute Gasteiger partial charge is 0.336 e. The van der Waals surface area contributed by atoms with E-state index in [0.29, 0.717) is 6.54 Å². The average molecular weight is 347 g/mol. The van der Waals surface area contributed by atoms with Gasteiger partial charge in [-0.3, -0.25) is 9.69 Å². The molecule has 0 fully saturated rings. The maximum absolute atomic E-state index is 12.4. The number of benzene rings is 2. The Labute approximate surface area is 155 Å². The number of rotatable bonds is 4. The van der Waals surface area contributed by atoms with Crippen LogP contribution in [0.25, 0.3) is 0 Å². The molecule has 1 unspecified atom stereocenters. The van der Waals surface area contributed by atoms with Gasteiger partial charge in [-0.15, -0.1) is 0 Å². The van der Waals surface area contributed by atoms with Crippen LogP contribution >= 0.6 is 0 Å². The first kappa shape index (κ1) is 18.2. The molecule has 0 aliphatic carbocycles. The predicted octanol–water partition coefficient (Wildman–Crippen LogP) is 3.68. The monoisotopic (exact) mass is 347 g/mol. The van der Waals surface area contributed by atoms with Crippen molar-refractivity contribution in [1.82, 2.24) is 10.2 Å². The molecule has 4 heteroatoms. The molecule has 0 saturated carbocycles. The van der Waals surface area contributed by atoms with Gasteiger partial charge in [0.2, 0.25) is 5.91 Å². The van der Waals surface area contributed by atoms with Gasteiger partial charge in [-0.2, -0.15) is 5.26 Å². The van der Waals surface area contributed by atoms with Crippen LogP contribution < -0.4 is 5.32 Å². The molecule has 134 valence electrons. The van der Waals surface area contributed by atoms with Crippen molar-refractivity contribution < 1.29 is 4.79 Å². The molecule has 0 aromatic heterocycles. The molecule has 1 aliphatic heterocycles. The molecule has 2 aromatic rings. The molecule has 0 radical (unpaired) electrons. The third kappa shape index (κ3) is 4.12. The summed E-state index contributed by atoms with van der Waals surface area (Å²) in [5.41, 5.74) is 4.64. The average Bonchev–Trinajstić information content (AvgIpc) is 3.01. The normalized spacial score (nSPS) is 15.2. The van der Waals surface area contributed by atoms with Crippen LogP contribution in [-0.2, 0) is 23.3 Å². The Bertz CT molecular complexity index is 803. The lowest BCUT2D eigenvalue weighted by Gasteiger charge is -2.20. The fourth-order valence-corrected chi connectivity index (χ4v) is 3.29. The Kier molecular flexibility index (Phi) is 5.11. The van der Waals surface area contributed by atoms with Crippen molar-refractivity contribution in [3.05, 3.63) is 70.8 Å². The number of nitrogens with one attached hydrogen (secondary N) is 1. The molecular weight excluding hydrogens is 322 g/mol. The zero-order valence-corrected chi connectivity index (χ0v) is 15.6. The molecule has 2 aromatic carbocycles. The molecule has 3 rings (SSSR count). The summed E-state index contributed by atoms with van der Waals surface area (Å²) < 4.78 is 0. The molecule has 4 nitrogen and oxygen atoms in total. The first-order chi connectivity index (χ1) is 12.4. The van der Waals surface area contributed by atoms with E-state index in [0.717, 1.165) is 18.7 Å². The van der Waals surface area contributed by atoms with Gasteiger partial charge in [0, 0.05) is 13.1 Å². The third-order valence-electron chi connectivity index (χ3n) is 4.82. The highest BCUT2D eigenvalue weighted by Crippen LogP contribution is 2.24. The van der Waals surface area contributed by atoms with Gasteiger partial charge in [0.05, 0.1) is 12.6 Å². The molecule has 1 aliphatic rings. The van der Waals surface area contributed by atoms with Crippen LogP contribution in [-0.4, -0.2) is 17.4 Å². The molecule has 1 atom stereocenters. The van der Waals surface area contributed by atoms with Crippen LogP contribution in [0.15, 0.2) is 48.5 Å². The van der Waals surface area contributed by atoms with Crippen molar-refractivity contribution in [3.63, 3.8) is 0 Å². The second-order valence-corrected chi connectivity index (χ2v) is 7.92. The van der Waals surface area contributed by atoms with Crippen molar-refractivity contribution in [2.24, 2.45) is 0 Å². The van der Waals surface area contributed by atoms with Crippen LogP contribution in [0.2, 0.25) is 0 Å².